The van der Waals surface area contributed by atoms with E-state index in [2.05, 4.69) is 6.92 Å². The van der Waals surface area contributed by atoms with E-state index in [0.29, 0.717) is 13.0 Å². The number of aliphatic hydroxyl groups excluding tert-OH is 1. The van der Waals surface area contributed by atoms with Gasteiger partial charge in [0.25, 0.3) is 0 Å². The topological polar surface area (TPSA) is 49.7 Å². The zero-order valence-corrected chi connectivity index (χ0v) is 14.9. The van der Waals surface area contributed by atoms with Gasteiger partial charge in [-0.25, -0.2) is 0 Å². The van der Waals surface area contributed by atoms with E-state index < -0.39 is 6.29 Å². The zero-order valence-electron chi connectivity index (χ0n) is 14.9. The second kappa shape index (κ2) is 18.9. The summed E-state index contributed by atoms with van der Waals surface area (Å²) in [5.41, 5.74) is 0. The smallest absolute Gasteiger partial charge is 0.153 e. The van der Waals surface area contributed by atoms with Gasteiger partial charge in [-0.15, -0.1) is 0 Å². The first-order valence-corrected chi connectivity index (χ1v) is 9.71. The maximum Gasteiger partial charge on any atom is 0.153 e. The van der Waals surface area contributed by atoms with Gasteiger partial charge in [-0.2, -0.15) is 0 Å². The summed E-state index contributed by atoms with van der Waals surface area (Å²) in [5.74, 6) is 0. The minimum absolute atomic E-state index is 0.318. The van der Waals surface area contributed by atoms with Gasteiger partial charge >= 0.3 is 0 Å². The number of hydrogen-bond acceptors (Lipinski definition) is 3. The minimum Gasteiger partial charge on any atom is -0.381 e. The summed E-state index contributed by atoms with van der Waals surface area (Å²) in [7, 11) is 0. The quantitative estimate of drug-likeness (QED) is 0.270. The Kier molecular flexibility index (Phi) is 18.8. The van der Waals surface area contributed by atoms with Crippen LogP contribution in [0.1, 0.15) is 103 Å². The van der Waals surface area contributed by atoms with Gasteiger partial charge in [0.15, 0.2) is 6.29 Å². The van der Waals surface area contributed by atoms with Crippen LogP contribution in [-0.2, 0) is 4.74 Å². The molecule has 3 nitrogen and oxygen atoms in total. The largest absolute Gasteiger partial charge is 0.381 e. The molecule has 0 saturated heterocycles. The Hall–Kier alpha value is -0.120. The molecule has 0 aliphatic carbocycles. The van der Waals surface area contributed by atoms with E-state index in [-0.39, 0.29) is 0 Å². The van der Waals surface area contributed by atoms with Crippen molar-refractivity contribution in [1.82, 2.24) is 0 Å². The molecule has 0 aliphatic rings. The molecule has 0 amide bonds. The van der Waals surface area contributed by atoms with Crippen molar-refractivity contribution in [2.24, 2.45) is 0 Å². The molecule has 0 rings (SSSR count). The van der Waals surface area contributed by atoms with Crippen molar-refractivity contribution in [1.29, 1.82) is 0 Å². The van der Waals surface area contributed by atoms with Crippen LogP contribution >= 0.6 is 0 Å². The predicted octanol–water partition coefficient (Wildman–Crippen LogP) is 5.19. The molecule has 0 aromatic rings. The van der Waals surface area contributed by atoms with E-state index in [4.69, 9.17) is 14.9 Å². The standard InChI is InChI=1S/C19H40O3/c1-2-3-4-5-6-7-8-9-10-11-12-13-14-15-17-22-18-16-19(20)21/h19-21H,2-18H2,1H3. The maximum absolute atomic E-state index is 8.65. The van der Waals surface area contributed by atoms with Gasteiger partial charge in [0.2, 0.25) is 0 Å². The second-order valence-corrected chi connectivity index (χ2v) is 6.48. The summed E-state index contributed by atoms with van der Waals surface area (Å²) in [6.45, 7) is 3.48. The van der Waals surface area contributed by atoms with Crippen LogP contribution in [0.4, 0.5) is 0 Å². The molecule has 0 aromatic heterocycles. The van der Waals surface area contributed by atoms with Crippen molar-refractivity contribution in [2.75, 3.05) is 13.2 Å². The Bertz CT molecular complexity index is 195. The summed E-state index contributed by atoms with van der Waals surface area (Å²) in [4.78, 5) is 0. The summed E-state index contributed by atoms with van der Waals surface area (Å²) < 4.78 is 5.33. The Labute approximate surface area is 138 Å². The van der Waals surface area contributed by atoms with E-state index in [1.165, 1.54) is 83.5 Å². The number of hydrogen-bond donors (Lipinski definition) is 2. The Balaban J connectivity index is 2.94. The van der Waals surface area contributed by atoms with E-state index >= 15 is 0 Å². The molecule has 2 N–H and O–H groups in total. The fraction of sp³-hybridized carbons (Fsp3) is 1.00. The van der Waals surface area contributed by atoms with E-state index in [1.54, 1.807) is 0 Å². The first-order valence-electron chi connectivity index (χ1n) is 9.71. The van der Waals surface area contributed by atoms with Crippen molar-refractivity contribution in [3.8, 4) is 0 Å². The van der Waals surface area contributed by atoms with Crippen molar-refractivity contribution >= 4 is 0 Å². The van der Waals surface area contributed by atoms with Gasteiger partial charge in [0.1, 0.15) is 0 Å². The molecular formula is C19H40O3. The lowest BCUT2D eigenvalue weighted by Crippen LogP contribution is -2.09. The van der Waals surface area contributed by atoms with Gasteiger partial charge < -0.3 is 14.9 Å². The minimum atomic E-state index is -1.23. The molecule has 0 radical (unpaired) electrons. The fourth-order valence-corrected chi connectivity index (χ4v) is 2.69. The Morgan fingerprint density at radius 1 is 0.591 bits per heavy atom. The average molecular weight is 317 g/mol. The molecule has 0 fully saturated rings. The van der Waals surface area contributed by atoms with Crippen molar-refractivity contribution < 1.29 is 14.9 Å². The van der Waals surface area contributed by atoms with E-state index in [9.17, 15) is 0 Å². The van der Waals surface area contributed by atoms with Crippen molar-refractivity contribution in [3.05, 3.63) is 0 Å². The third-order valence-corrected chi connectivity index (χ3v) is 4.16. The molecule has 0 bridgehead atoms. The van der Waals surface area contributed by atoms with Gasteiger partial charge in [0, 0.05) is 13.0 Å². The van der Waals surface area contributed by atoms with Gasteiger partial charge in [-0.1, -0.05) is 90.4 Å². The summed E-state index contributed by atoms with van der Waals surface area (Å²) in [6.07, 6.45) is 18.2. The molecule has 0 aliphatic heterocycles. The second-order valence-electron chi connectivity index (χ2n) is 6.48. The molecule has 0 spiro atoms. The number of unbranched alkanes of at least 4 members (excludes halogenated alkanes) is 13. The van der Waals surface area contributed by atoms with Crippen molar-refractivity contribution in [2.45, 2.75) is 110 Å². The monoisotopic (exact) mass is 316 g/mol. The highest BCUT2D eigenvalue weighted by atomic mass is 16.5. The number of rotatable bonds is 18. The third kappa shape index (κ3) is 19.9. The van der Waals surface area contributed by atoms with Crippen LogP contribution in [0.3, 0.4) is 0 Å². The van der Waals surface area contributed by atoms with Crippen LogP contribution < -0.4 is 0 Å². The van der Waals surface area contributed by atoms with Gasteiger partial charge in [-0.05, 0) is 6.42 Å². The normalized spacial score (nSPS) is 11.5. The lowest BCUT2D eigenvalue weighted by molar-refractivity contribution is -0.0611. The molecule has 0 aromatic carbocycles. The molecule has 3 heteroatoms. The van der Waals surface area contributed by atoms with Gasteiger partial charge in [0.05, 0.1) is 6.61 Å². The number of ether oxygens (including phenoxy) is 1. The lowest BCUT2D eigenvalue weighted by Gasteiger charge is -2.05. The van der Waals surface area contributed by atoms with Crippen molar-refractivity contribution in [3.63, 3.8) is 0 Å². The Morgan fingerprint density at radius 3 is 1.41 bits per heavy atom. The SMILES string of the molecule is CCCCCCCCCCCCCCCCOCCC(O)O. The highest BCUT2D eigenvalue weighted by Crippen LogP contribution is 2.12. The highest BCUT2D eigenvalue weighted by Gasteiger charge is 1.97. The van der Waals surface area contributed by atoms with Gasteiger partial charge in [-0.3, -0.25) is 0 Å². The van der Waals surface area contributed by atoms with Crippen LogP contribution in [0.2, 0.25) is 0 Å². The number of aliphatic hydroxyl groups is 2. The molecule has 134 valence electrons. The molecular weight excluding hydrogens is 276 g/mol. The molecule has 0 saturated carbocycles. The van der Waals surface area contributed by atoms with E-state index in [0.717, 1.165) is 13.0 Å². The highest BCUT2D eigenvalue weighted by molar-refractivity contribution is 4.49. The average Bonchev–Trinajstić information content (AvgIpc) is 2.50. The molecule has 0 atom stereocenters. The molecule has 22 heavy (non-hydrogen) atoms. The Morgan fingerprint density at radius 2 is 1.00 bits per heavy atom. The molecule has 0 unspecified atom stereocenters. The fourth-order valence-electron chi connectivity index (χ4n) is 2.69. The maximum atomic E-state index is 8.65. The first kappa shape index (κ1) is 21.9. The van der Waals surface area contributed by atoms with Crippen LogP contribution in [0.5, 0.6) is 0 Å². The summed E-state index contributed by atoms with van der Waals surface area (Å²) in [5, 5.41) is 17.3. The lowest BCUT2D eigenvalue weighted by atomic mass is 10.0. The van der Waals surface area contributed by atoms with Crippen LogP contribution in [0.15, 0.2) is 0 Å². The van der Waals surface area contributed by atoms with Crippen LogP contribution in [0.25, 0.3) is 0 Å². The first-order chi connectivity index (χ1) is 10.8. The van der Waals surface area contributed by atoms with E-state index in [1.807, 2.05) is 0 Å². The molecule has 0 heterocycles. The summed E-state index contributed by atoms with van der Waals surface area (Å²) >= 11 is 0. The zero-order chi connectivity index (χ0) is 16.3. The predicted molar refractivity (Wildman–Crippen MR) is 94.0 cm³/mol. The summed E-state index contributed by atoms with van der Waals surface area (Å²) in [6, 6.07) is 0. The van der Waals surface area contributed by atoms with Crippen LogP contribution in [0, 0.1) is 0 Å². The third-order valence-electron chi connectivity index (χ3n) is 4.16. The van der Waals surface area contributed by atoms with Crippen LogP contribution in [-0.4, -0.2) is 29.7 Å².